The van der Waals surface area contributed by atoms with Crippen molar-refractivity contribution in [1.82, 2.24) is 9.97 Å². The molecule has 5 nitrogen and oxygen atoms in total. The molecule has 0 aliphatic carbocycles. The molecule has 3 aromatic rings. The molecule has 0 spiro atoms. The fraction of sp³-hybridized carbons (Fsp3) is 0.273. The zero-order valence-corrected chi connectivity index (χ0v) is 16.1. The summed E-state index contributed by atoms with van der Waals surface area (Å²) in [5.74, 6) is 2.17. The second kappa shape index (κ2) is 9.03. The largest absolute Gasteiger partial charge is 0.489 e. The number of hydrogen-bond donors (Lipinski definition) is 2. The van der Waals surface area contributed by atoms with Crippen LogP contribution in [0.4, 0.5) is 17.5 Å². The van der Waals surface area contributed by atoms with Crippen LogP contribution in [0.1, 0.15) is 25.1 Å². The second-order valence-corrected chi connectivity index (χ2v) is 6.67. The van der Waals surface area contributed by atoms with Gasteiger partial charge in [0, 0.05) is 18.3 Å². The molecule has 5 heteroatoms. The zero-order chi connectivity index (χ0) is 19.1. The van der Waals surface area contributed by atoms with Crippen molar-refractivity contribution in [2.75, 3.05) is 17.2 Å². The maximum atomic E-state index is 5.87. The molecular weight excluding hydrogens is 336 g/mol. The number of anilines is 3. The maximum absolute atomic E-state index is 5.87. The lowest BCUT2D eigenvalue weighted by molar-refractivity contribution is 0.244. The van der Waals surface area contributed by atoms with Crippen LogP contribution in [0.15, 0.2) is 60.7 Å². The molecule has 1 aromatic heterocycles. The molecule has 0 saturated heterocycles. The molecule has 140 valence electrons. The summed E-state index contributed by atoms with van der Waals surface area (Å²) in [5.41, 5.74) is 3.08. The highest BCUT2D eigenvalue weighted by atomic mass is 16.5. The first-order chi connectivity index (χ1) is 13.1. The first-order valence-electron chi connectivity index (χ1n) is 9.26. The van der Waals surface area contributed by atoms with Gasteiger partial charge in [0.25, 0.3) is 0 Å². The maximum Gasteiger partial charge on any atom is 0.224 e. The standard InChI is InChI=1S/C22H26N4O/c1-16(2)27-20-12-8-7-11-19(20)25-21-15-17(3)24-22(26-21)23-14-13-18-9-5-4-6-10-18/h4-12,15-16H,13-14H2,1-3H3,(H2,23,24,25,26). The van der Waals surface area contributed by atoms with Gasteiger partial charge in [0.15, 0.2) is 0 Å². The molecule has 3 rings (SSSR count). The van der Waals surface area contributed by atoms with Crippen LogP contribution in [-0.4, -0.2) is 22.6 Å². The van der Waals surface area contributed by atoms with Gasteiger partial charge in [-0.1, -0.05) is 42.5 Å². The predicted molar refractivity (Wildman–Crippen MR) is 111 cm³/mol. The van der Waals surface area contributed by atoms with E-state index in [1.165, 1.54) is 5.56 Å². The fourth-order valence-corrected chi connectivity index (χ4v) is 2.74. The molecule has 2 aromatic carbocycles. The van der Waals surface area contributed by atoms with E-state index in [1.54, 1.807) is 0 Å². The Kier molecular flexibility index (Phi) is 6.26. The fourth-order valence-electron chi connectivity index (χ4n) is 2.74. The average molecular weight is 362 g/mol. The summed E-state index contributed by atoms with van der Waals surface area (Å²) >= 11 is 0. The highest BCUT2D eigenvalue weighted by molar-refractivity contribution is 5.64. The van der Waals surface area contributed by atoms with Gasteiger partial charge in [-0.25, -0.2) is 4.98 Å². The summed E-state index contributed by atoms with van der Waals surface area (Å²) in [6.45, 7) is 6.77. The molecule has 0 radical (unpaired) electrons. The number of benzene rings is 2. The number of ether oxygens (including phenoxy) is 1. The van der Waals surface area contributed by atoms with Gasteiger partial charge in [0.05, 0.1) is 11.8 Å². The monoisotopic (exact) mass is 362 g/mol. The number of aromatic nitrogens is 2. The summed E-state index contributed by atoms with van der Waals surface area (Å²) in [7, 11) is 0. The Bertz CT molecular complexity index is 865. The van der Waals surface area contributed by atoms with Crippen molar-refractivity contribution in [2.24, 2.45) is 0 Å². The van der Waals surface area contributed by atoms with Gasteiger partial charge in [-0.15, -0.1) is 0 Å². The molecule has 0 bridgehead atoms. The van der Waals surface area contributed by atoms with Crippen LogP contribution in [0.3, 0.4) is 0 Å². The number of aryl methyl sites for hydroxylation is 1. The van der Waals surface area contributed by atoms with Crippen molar-refractivity contribution in [2.45, 2.75) is 33.3 Å². The first-order valence-corrected chi connectivity index (χ1v) is 9.26. The summed E-state index contributed by atoms with van der Waals surface area (Å²) in [6, 6.07) is 20.2. The molecule has 0 atom stereocenters. The smallest absolute Gasteiger partial charge is 0.224 e. The summed E-state index contributed by atoms with van der Waals surface area (Å²) < 4.78 is 5.87. The Labute approximate surface area is 160 Å². The van der Waals surface area contributed by atoms with Crippen molar-refractivity contribution in [3.8, 4) is 5.75 Å². The van der Waals surface area contributed by atoms with Gasteiger partial charge in [0.2, 0.25) is 5.95 Å². The van der Waals surface area contributed by atoms with Crippen LogP contribution in [0.2, 0.25) is 0 Å². The minimum Gasteiger partial charge on any atom is -0.489 e. The van der Waals surface area contributed by atoms with Crippen molar-refractivity contribution in [3.05, 3.63) is 71.9 Å². The lowest BCUT2D eigenvalue weighted by atomic mass is 10.1. The van der Waals surface area contributed by atoms with Gasteiger partial charge in [0.1, 0.15) is 11.6 Å². The molecule has 0 aliphatic heterocycles. The Morgan fingerprint density at radius 3 is 2.48 bits per heavy atom. The van der Waals surface area contributed by atoms with Crippen molar-refractivity contribution >= 4 is 17.5 Å². The van der Waals surface area contributed by atoms with Crippen molar-refractivity contribution in [1.29, 1.82) is 0 Å². The normalized spacial score (nSPS) is 10.7. The van der Waals surface area contributed by atoms with Crippen LogP contribution in [-0.2, 0) is 6.42 Å². The lowest BCUT2D eigenvalue weighted by Gasteiger charge is -2.15. The quantitative estimate of drug-likeness (QED) is 0.592. The highest BCUT2D eigenvalue weighted by Crippen LogP contribution is 2.28. The van der Waals surface area contributed by atoms with E-state index in [1.807, 2.05) is 57.2 Å². The van der Waals surface area contributed by atoms with E-state index >= 15 is 0 Å². The van der Waals surface area contributed by atoms with Crippen LogP contribution >= 0.6 is 0 Å². The molecule has 0 amide bonds. The highest BCUT2D eigenvalue weighted by Gasteiger charge is 2.08. The first kappa shape index (κ1) is 18.7. The van der Waals surface area contributed by atoms with E-state index in [-0.39, 0.29) is 6.10 Å². The molecular formula is C22H26N4O. The zero-order valence-electron chi connectivity index (χ0n) is 16.1. The lowest BCUT2D eigenvalue weighted by Crippen LogP contribution is -2.10. The average Bonchev–Trinajstić information content (AvgIpc) is 2.63. The van der Waals surface area contributed by atoms with Crippen LogP contribution in [0, 0.1) is 6.92 Å². The third-order valence-electron chi connectivity index (χ3n) is 3.91. The Morgan fingerprint density at radius 1 is 0.963 bits per heavy atom. The molecule has 1 heterocycles. The van der Waals surface area contributed by atoms with E-state index in [0.717, 1.165) is 35.9 Å². The molecule has 0 unspecified atom stereocenters. The van der Waals surface area contributed by atoms with Crippen molar-refractivity contribution in [3.63, 3.8) is 0 Å². The van der Waals surface area contributed by atoms with Gasteiger partial charge in [-0.3, -0.25) is 0 Å². The van der Waals surface area contributed by atoms with Crippen LogP contribution in [0.5, 0.6) is 5.75 Å². The molecule has 0 fully saturated rings. The third-order valence-corrected chi connectivity index (χ3v) is 3.91. The SMILES string of the molecule is Cc1cc(Nc2ccccc2OC(C)C)nc(NCCc2ccccc2)n1. The van der Waals surface area contributed by atoms with E-state index in [9.17, 15) is 0 Å². The predicted octanol–water partition coefficient (Wildman–Crippen LogP) is 4.97. The van der Waals surface area contributed by atoms with E-state index in [4.69, 9.17) is 4.74 Å². The van der Waals surface area contributed by atoms with Gasteiger partial charge < -0.3 is 15.4 Å². The molecule has 27 heavy (non-hydrogen) atoms. The molecule has 2 N–H and O–H groups in total. The molecule has 0 saturated carbocycles. The summed E-state index contributed by atoms with van der Waals surface area (Å²) in [6.07, 6.45) is 1.03. The number of nitrogens with one attached hydrogen (secondary N) is 2. The Balaban J connectivity index is 1.68. The number of nitrogens with zero attached hydrogens (tertiary/aromatic N) is 2. The van der Waals surface area contributed by atoms with Gasteiger partial charge in [-0.05, 0) is 44.9 Å². The van der Waals surface area contributed by atoms with Gasteiger partial charge in [-0.2, -0.15) is 4.98 Å². The minimum atomic E-state index is 0.107. The topological polar surface area (TPSA) is 59.1 Å². The third kappa shape index (κ3) is 5.71. The summed E-state index contributed by atoms with van der Waals surface area (Å²) in [5, 5.41) is 6.66. The Hall–Kier alpha value is -3.08. The van der Waals surface area contributed by atoms with E-state index in [2.05, 4.69) is 44.9 Å². The number of para-hydroxylation sites is 2. The number of hydrogen-bond acceptors (Lipinski definition) is 5. The van der Waals surface area contributed by atoms with E-state index in [0.29, 0.717) is 5.95 Å². The van der Waals surface area contributed by atoms with Gasteiger partial charge >= 0.3 is 0 Å². The number of rotatable bonds is 8. The van der Waals surface area contributed by atoms with Crippen LogP contribution in [0.25, 0.3) is 0 Å². The van der Waals surface area contributed by atoms with Crippen molar-refractivity contribution < 1.29 is 4.74 Å². The second-order valence-electron chi connectivity index (χ2n) is 6.67. The summed E-state index contributed by atoms with van der Waals surface area (Å²) in [4.78, 5) is 9.08. The van der Waals surface area contributed by atoms with Crippen LogP contribution < -0.4 is 15.4 Å². The minimum absolute atomic E-state index is 0.107. The molecule has 0 aliphatic rings. The van der Waals surface area contributed by atoms with E-state index < -0.39 is 0 Å². The Morgan fingerprint density at radius 2 is 1.70 bits per heavy atom.